The lowest BCUT2D eigenvalue weighted by Crippen LogP contribution is -2.35. The smallest absolute Gasteiger partial charge is 0.270 e. The minimum Gasteiger partial charge on any atom is -0.384 e. The van der Waals surface area contributed by atoms with Crippen molar-refractivity contribution in [2.24, 2.45) is 5.92 Å². The highest BCUT2D eigenvalue weighted by molar-refractivity contribution is 5.92. The maximum atomic E-state index is 12.5. The van der Waals surface area contributed by atoms with Gasteiger partial charge in [0.05, 0.1) is 13.2 Å². The summed E-state index contributed by atoms with van der Waals surface area (Å²) in [5.41, 5.74) is 0.612. The summed E-state index contributed by atoms with van der Waals surface area (Å²) < 4.78 is 7.37. The van der Waals surface area contributed by atoms with Crippen LogP contribution < -0.4 is 0 Å². The van der Waals surface area contributed by atoms with Crippen LogP contribution in [0.3, 0.4) is 0 Å². The van der Waals surface area contributed by atoms with E-state index in [-0.39, 0.29) is 11.8 Å². The van der Waals surface area contributed by atoms with Crippen molar-refractivity contribution in [3.8, 4) is 0 Å². The zero-order chi connectivity index (χ0) is 13.9. The molecule has 0 aromatic carbocycles. The Labute approximate surface area is 117 Å². The van der Waals surface area contributed by atoms with E-state index in [1.54, 1.807) is 25.6 Å². The van der Waals surface area contributed by atoms with Gasteiger partial charge in [-0.2, -0.15) is 0 Å². The largest absolute Gasteiger partial charge is 0.384 e. The molecule has 1 aliphatic rings. The third-order valence-electron chi connectivity index (χ3n) is 3.59. The molecule has 2 aromatic rings. The predicted octanol–water partition coefficient (Wildman–Crippen LogP) is 1.13. The number of amides is 1. The molecule has 20 heavy (non-hydrogen) atoms. The molecule has 1 N–H and O–H groups in total. The van der Waals surface area contributed by atoms with Crippen molar-refractivity contribution in [3.63, 3.8) is 0 Å². The zero-order valence-corrected chi connectivity index (χ0v) is 11.5. The summed E-state index contributed by atoms with van der Waals surface area (Å²) in [5.74, 6) is 1.20. The van der Waals surface area contributed by atoms with E-state index in [2.05, 4.69) is 14.5 Å². The number of H-pyrrole nitrogens is 1. The zero-order valence-electron chi connectivity index (χ0n) is 11.5. The van der Waals surface area contributed by atoms with Crippen LogP contribution in [-0.2, 0) is 17.8 Å². The van der Waals surface area contributed by atoms with Crippen LogP contribution in [0.15, 0.2) is 30.7 Å². The fraction of sp³-hybridized carbons (Fsp3) is 0.429. The number of hydrogen-bond acceptors (Lipinski definition) is 3. The molecular formula is C14H18N4O2. The normalized spacial score (nSPS) is 18.6. The molecule has 3 rings (SSSR count). The Morgan fingerprint density at radius 1 is 1.55 bits per heavy atom. The lowest BCUT2D eigenvalue weighted by molar-refractivity contribution is 0.0661. The molecule has 106 valence electrons. The summed E-state index contributed by atoms with van der Waals surface area (Å²) >= 11 is 0. The molecule has 1 atom stereocenters. The SMILES string of the molecule is COC[C@H]1CN(C(=O)c2ccc[nH]2)Cc2nccn2C1. The number of aromatic amines is 1. The van der Waals surface area contributed by atoms with E-state index in [1.165, 1.54) is 0 Å². The van der Waals surface area contributed by atoms with Crippen LogP contribution in [-0.4, -0.2) is 45.6 Å². The lowest BCUT2D eigenvalue weighted by atomic mass is 10.1. The Hall–Kier alpha value is -2.08. The summed E-state index contributed by atoms with van der Waals surface area (Å²) in [4.78, 5) is 21.7. The topological polar surface area (TPSA) is 63.1 Å². The molecule has 0 saturated carbocycles. The number of ether oxygens (including phenoxy) is 1. The Morgan fingerprint density at radius 2 is 2.45 bits per heavy atom. The van der Waals surface area contributed by atoms with E-state index in [1.807, 2.05) is 17.2 Å². The van der Waals surface area contributed by atoms with Gasteiger partial charge in [-0.15, -0.1) is 0 Å². The van der Waals surface area contributed by atoms with Crippen LogP contribution in [0.2, 0.25) is 0 Å². The number of carbonyl (C=O) groups excluding carboxylic acids is 1. The Balaban J connectivity index is 1.85. The number of rotatable bonds is 3. The predicted molar refractivity (Wildman–Crippen MR) is 73.1 cm³/mol. The fourth-order valence-electron chi connectivity index (χ4n) is 2.67. The van der Waals surface area contributed by atoms with Crippen LogP contribution in [0.4, 0.5) is 0 Å². The van der Waals surface area contributed by atoms with Gasteiger partial charge in [0.2, 0.25) is 0 Å². The summed E-state index contributed by atoms with van der Waals surface area (Å²) in [6.07, 6.45) is 5.50. The van der Waals surface area contributed by atoms with Gasteiger partial charge in [0, 0.05) is 44.7 Å². The van der Waals surface area contributed by atoms with Gasteiger partial charge in [0.25, 0.3) is 5.91 Å². The monoisotopic (exact) mass is 274 g/mol. The van der Waals surface area contributed by atoms with Gasteiger partial charge in [-0.05, 0) is 12.1 Å². The standard InChI is InChI=1S/C14H18N4O2/c1-20-10-11-7-17-6-5-16-13(17)9-18(8-11)14(19)12-3-2-4-15-12/h2-6,11,15H,7-10H2,1H3/t11-/m1/s1. The Morgan fingerprint density at radius 3 is 3.20 bits per heavy atom. The minimum absolute atomic E-state index is 0.00699. The number of fused-ring (bicyclic) bond motifs is 1. The molecule has 0 saturated heterocycles. The fourth-order valence-corrected chi connectivity index (χ4v) is 2.67. The highest BCUT2D eigenvalue weighted by Gasteiger charge is 2.26. The first-order chi connectivity index (χ1) is 9.78. The average Bonchev–Trinajstić information content (AvgIpc) is 3.07. The molecule has 0 radical (unpaired) electrons. The molecule has 0 aliphatic carbocycles. The van der Waals surface area contributed by atoms with Gasteiger partial charge in [0.1, 0.15) is 11.5 Å². The van der Waals surface area contributed by atoms with Crippen LogP contribution in [0, 0.1) is 5.92 Å². The van der Waals surface area contributed by atoms with Crippen molar-refractivity contribution in [2.45, 2.75) is 13.1 Å². The second-order valence-electron chi connectivity index (χ2n) is 5.09. The quantitative estimate of drug-likeness (QED) is 0.912. The van der Waals surface area contributed by atoms with Crippen molar-refractivity contribution in [1.29, 1.82) is 0 Å². The van der Waals surface area contributed by atoms with Gasteiger partial charge in [-0.1, -0.05) is 0 Å². The molecule has 6 heteroatoms. The number of imidazole rings is 1. The van der Waals surface area contributed by atoms with Crippen molar-refractivity contribution >= 4 is 5.91 Å². The Kier molecular flexibility index (Phi) is 3.56. The van der Waals surface area contributed by atoms with E-state index in [9.17, 15) is 4.79 Å². The van der Waals surface area contributed by atoms with Crippen LogP contribution in [0.25, 0.3) is 0 Å². The van der Waals surface area contributed by atoms with Gasteiger partial charge in [0.15, 0.2) is 0 Å². The summed E-state index contributed by atoms with van der Waals surface area (Å²) in [5, 5.41) is 0. The molecule has 6 nitrogen and oxygen atoms in total. The first-order valence-electron chi connectivity index (χ1n) is 6.69. The van der Waals surface area contributed by atoms with E-state index >= 15 is 0 Å². The number of hydrogen-bond donors (Lipinski definition) is 1. The number of nitrogens with one attached hydrogen (secondary N) is 1. The summed E-state index contributed by atoms with van der Waals surface area (Å²) in [6.45, 7) is 2.67. The molecule has 2 aromatic heterocycles. The molecular weight excluding hydrogens is 256 g/mol. The molecule has 0 fully saturated rings. The van der Waals surface area contributed by atoms with Crippen LogP contribution >= 0.6 is 0 Å². The number of methoxy groups -OCH3 is 1. The van der Waals surface area contributed by atoms with E-state index in [0.29, 0.717) is 25.4 Å². The highest BCUT2D eigenvalue weighted by Crippen LogP contribution is 2.17. The number of aromatic nitrogens is 3. The first-order valence-corrected chi connectivity index (χ1v) is 6.69. The van der Waals surface area contributed by atoms with Gasteiger partial charge < -0.3 is 19.2 Å². The molecule has 1 aliphatic heterocycles. The van der Waals surface area contributed by atoms with Crippen molar-refractivity contribution < 1.29 is 9.53 Å². The maximum absolute atomic E-state index is 12.5. The van der Waals surface area contributed by atoms with Crippen molar-refractivity contribution in [3.05, 3.63) is 42.2 Å². The Bertz CT molecular complexity index is 576. The van der Waals surface area contributed by atoms with Crippen molar-refractivity contribution in [2.75, 3.05) is 20.3 Å². The first kappa shape index (κ1) is 12.9. The maximum Gasteiger partial charge on any atom is 0.270 e. The third-order valence-corrected chi connectivity index (χ3v) is 3.59. The number of carbonyl (C=O) groups is 1. The van der Waals surface area contributed by atoms with E-state index in [4.69, 9.17) is 4.74 Å². The molecule has 0 spiro atoms. The average molecular weight is 274 g/mol. The second kappa shape index (κ2) is 5.50. The molecule has 3 heterocycles. The van der Waals surface area contributed by atoms with Gasteiger partial charge >= 0.3 is 0 Å². The minimum atomic E-state index is 0.00699. The third kappa shape index (κ3) is 2.46. The summed E-state index contributed by atoms with van der Waals surface area (Å²) in [6, 6.07) is 3.63. The number of nitrogens with zero attached hydrogens (tertiary/aromatic N) is 3. The van der Waals surface area contributed by atoms with Gasteiger partial charge in [-0.25, -0.2) is 4.98 Å². The molecule has 1 amide bonds. The van der Waals surface area contributed by atoms with Gasteiger partial charge in [-0.3, -0.25) is 4.79 Å². The highest BCUT2D eigenvalue weighted by atomic mass is 16.5. The van der Waals surface area contributed by atoms with Crippen LogP contribution in [0.5, 0.6) is 0 Å². The van der Waals surface area contributed by atoms with Crippen LogP contribution in [0.1, 0.15) is 16.3 Å². The van der Waals surface area contributed by atoms with Crippen molar-refractivity contribution in [1.82, 2.24) is 19.4 Å². The second-order valence-corrected chi connectivity index (χ2v) is 5.09. The molecule has 0 unspecified atom stereocenters. The van der Waals surface area contributed by atoms with E-state index in [0.717, 1.165) is 12.4 Å². The lowest BCUT2D eigenvalue weighted by Gasteiger charge is -2.23. The van der Waals surface area contributed by atoms with E-state index < -0.39 is 0 Å². The summed E-state index contributed by atoms with van der Waals surface area (Å²) in [7, 11) is 1.69. The molecule has 0 bridgehead atoms.